The molecule has 0 aliphatic heterocycles. The molecule has 0 heterocycles. The fourth-order valence-electron chi connectivity index (χ4n) is 1.82. The molecule has 0 aliphatic rings. The fraction of sp³-hybridized carbons (Fsp3) is 0.143. The zero-order valence-electron chi connectivity index (χ0n) is 11.4. The van der Waals surface area contributed by atoms with Crippen molar-refractivity contribution < 1.29 is 17.5 Å². The molecular weight excluding hydrogens is 294 g/mol. The fourth-order valence-corrected chi connectivity index (χ4v) is 3.08. The van der Waals surface area contributed by atoms with Gasteiger partial charge in [-0.05, 0) is 37.1 Å². The van der Waals surface area contributed by atoms with Gasteiger partial charge in [-0.2, -0.15) is 8.42 Å². The van der Waals surface area contributed by atoms with Crippen LogP contribution in [0.25, 0.3) is 0 Å². The molecule has 0 bridgehead atoms. The molecule has 0 radical (unpaired) electrons. The molecule has 0 spiro atoms. The molecule has 0 unspecified atom stereocenters. The van der Waals surface area contributed by atoms with Crippen LogP contribution in [0, 0.1) is 24.0 Å². The van der Waals surface area contributed by atoms with E-state index in [1.807, 2.05) is 0 Å². The van der Waals surface area contributed by atoms with Crippen molar-refractivity contribution in [2.24, 2.45) is 0 Å². The molecule has 2 aromatic carbocycles. The number of nitro benzene ring substituents is 1. The van der Waals surface area contributed by atoms with Gasteiger partial charge in [0.05, 0.1) is 4.92 Å². The Morgan fingerprint density at radius 1 is 1.10 bits per heavy atom. The number of nitrogens with zero attached hydrogens (tertiary/aromatic N) is 1. The molecule has 0 saturated carbocycles. The zero-order valence-corrected chi connectivity index (χ0v) is 12.3. The molecule has 0 aliphatic carbocycles. The first kappa shape index (κ1) is 15.0. The number of non-ortho nitro benzene ring substituents is 1. The number of nitro groups is 1. The molecule has 0 N–H and O–H groups in total. The summed E-state index contributed by atoms with van der Waals surface area (Å²) in [6.45, 7) is 3.20. The minimum Gasteiger partial charge on any atom is -0.379 e. The van der Waals surface area contributed by atoms with Gasteiger partial charge in [-0.1, -0.05) is 18.2 Å². The van der Waals surface area contributed by atoms with E-state index in [2.05, 4.69) is 0 Å². The third-order valence-electron chi connectivity index (χ3n) is 3.03. The van der Waals surface area contributed by atoms with Crippen molar-refractivity contribution in [3.05, 3.63) is 63.7 Å². The second-order valence-electron chi connectivity index (χ2n) is 4.49. The van der Waals surface area contributed by atoms with E-state index in [-0.39, 0.29) is 16.3 Å². The molecule has 0 aromatic heterocycles. The van der Waals surface area contributed by atoms with E-state index < -0.39 is 15.0 Å². The lowest BCUT2D eigenvalue weighted by Gasteiger charge is -2.11. The van der Waals surface area contributed by atoms with Crippen LogP contribution in [0.1, 0.15) is 11.1 Å². The van der Waals surface area contributed by atoms with Gasteiger partial charge < -0.3 is 4.18 Å². The van der Waals surface area contributed by atoms with Gasteiger partial charge >= 0.3 is 10.1 Å². The Labute approximate surface area is 122 Å². The minimum atomic E-state index is -4.13. The second kappa shape index (κ2) is 5.53. The van der Waals surface area contributed by atoms with E-state index >= 15 is 0 Å². The van der Waals surface area contributed by atoms with Crippen LogP contribution in [0.3, 0.4) is 0 Å². The summed E-state index contributed by atoms with van der Waals surface area (Å²) in [6.07, 6.45) is 0. The number of rotatable bonds is 4. The highest BCUT2D eigenvalue weighted by Gasteiger charge is 2.24. The normalized spacial score (nSPS) is 11.1. The highest BCUT2D eigenvalue weighted by molar-refractivity contribution is 7.87. The third kappa shape index (κ3) is 3.19. The Morgan fingerprint density at radius 2 is 1.71 bits per heavy atom. The van der Waals surface area contributed by atoms with Crippen LogP contribution in [0.15, 0.2) is 47.4 Å². The van der Waals surface area contributed by atoms with Crippen LogP contribution in [-0.2, 0) is 10.1 Å². The Bertz CT molecular complexity index is 785. The van der Waals surface area contributed by atoms with Gasteiger partial charge in [0.1, 0.15) is 10.6 Å². The van der Waals surface area contributed by atoms with Crippen LogP contribution in [0.2, 0.25) is 0 Å². The SMILES string of the molecule is Cc1cc([N+](=O)[O-])cc(S(=O)(=O)Oc2ccccc2)c1C. The predicted octanol–water partition coefficient (Wildman–Crippen LogP) is 2.98. The summed E-state index contributed by atoms with van der Waals surface area (Å²) in [5.74, 6) is 0.154. The smallest absolute Gasteiger partial charge is 0.339 e. The molecule has 2 aromatic rings. The van der Waals surface area contributed by atoms with Crippen molar-refractivity contribution in [3.63, 3.8) is 0 Å². The maximum Gasteiger partial charge on any atom is 0.339 e. The first-order valence-corrected chi connectivity index (χ1v) is 7.47. The number of benzene rings is 2. The average Bonchev–Trinajstić information content (AvgIpc) is 2.41. The van der Waals surface area contributed by atoms with E-state index in [1.54, 1.807) is 32.0 Å². The van der Waals surface area contributed by atoms with E-state index in [0.717, 1.165) is 6.07 Å². The van der Waals surface area contributed by atoms with Gasteiger partial charge in [-0.25, -0.2) is 0 Å². The van der Waals surface area contributed by atoms with Crippen LogP contribution in [-0.4, -0.2) is 13.3 Å². The quantitative estimate of drug-likeness (QED) is 0.492. The molecule has 0 saturated heterocycles. The van der Waals surface area contributed by atoms with Crippen molar-refractivity contribution >= 4 is 15.8 Å². The van der Waals surface area contributed by atoms with Crippen LogP contribution >= 0.6 is 0 Å². The predicted molar refractivity (Wildman–Crippen MR) is 76.8 cm³/mol. The van der Waals surface area contributed by atoms with Gasteiger partial charge in [0.25, 0.3) is 5.69 Å². The average molecular weight is 307 g/mol. The first-order chi connectivity index (χ1) is 9.81. The number of aryl methyl sites for hydroxylation is 1. The Balaban J connectivity index is 2.52. The summed E-state index contributed by atoms with van der Waals surface area (Å²) < 4.78 is 29.6. The monoisotopic (exact) mass is 307 g/mol. The van der Waals surface area contributed by atoms with Gasteiger partial charge in [0.2, 0.25) is 0 Å². The van der Waals surface area contributed by atoms with Gasteiger partial charge in [-0.15, -0.1) is 0 Å². The summed E-state index contributed by atoms with van der Waals surface area (Å²) in [5, 5.41) is 10.9. The largest absolute Gasteiger partial charge is 0.379 e. The highest BCUT2D eigenvalue weighted by atomic mass is 32.2. The first-order valence-electron chi connectivity index (χ1n) is 6.06. The van der Waals surface area contributed by atoms with Gasteiger partial charge in [0.15, 0.2) is 0 Å². The molecule has 21 heavy (non-hydrogen) atoms. The molecule has 0 amide bonds. The van der Waals surface area contributed by atoms with Gasteiger partial charge in [0, 0.05) is 12.1 Å². The third-order valence-corrected chi connectivity index (χ3v) is 4.41. The zero-order chi connectivity index (χ0) is 15.6. The van der Waals surface area contributed by atoms with Crippen molar-refractivity contribution in [2.75, 3.05) is 0 Å². The Hall–Kier alpha value is -2.41. The second-order valence-corrected chi connectivity index (χ2v) is 6.01. The van der Waals surface area contributed by atoms with Gasteiger partial charge in [-0.3, -0.25) is 10.1 Å². The van der Waals surface area contributed by atoms with E-state index in [4.69, 9.17) is 4.18 Å². The van der Waals surface area contributed by atoms with E-state index in [9.17, 15) is 18.5 Å². The maximum absolute atomic E-state index is 12.3. The molecule has 2 rings (SSSR count). The number of hydrogen-bond donors (Lipinski definition) is 0. The molecule has 0 fully saturated rings. The standard InChI is InChI=1S/C14H13NO5S/c1-10-8-12(15(16)17)9-14(11(10)2)21(18,19)20-13-6-4-3-5-7-13/h3-9H,1-2H3. The van der Waals surface area contributed by atoms with Crippen LogP contribution in [0.4, 0.5) is 5.69 Å². The molecule has 110 valence electrons. The summed E-state index contributed by atoms with van der Waals surface area (Å²) >= 11 is 0. The highest BCUT2D eigenvalue weighted by Crippen LogP contribution is 2.27. The van der Waals surface area contributed by atoms with Crippen LogP contribution in [0.5, 0.6) is 5.75 Å². The Kier molecular flexibility index (Phi) is 3.95. The molecule has 6 nitrogen and oxygen atoms in total. The Morgan fingerprint density at radius 3 is 2.29 bits per heavy atom. The molecule has 7 heteroatoms. The summed E-state index contributed by atoms with van der Waals surface area (Å²) in [4.78, 5) is 10.0. The van der Waals surface area contributed by atoms with Crippen molar-refractivity contribution in [3.8, 4) is 5.75 Å². The van der Waals surface area contributed by atoms with Crippen molar-refractivity contribution in [2.45, 2.75) is 18.7 Å². The number of para-hydroxylation sites is 1. The molecule has 0 atom stereocenters. The van der Waals surface area contributed by atoms with Crippen molar-refractivity contribution in [1.29, 1.82) is 0 Å². The number of hydrogen-bond acceptors (Lipinski definition) is 5. The summed E-state index contributed by atoms with van der Waals surface area (Å²) in [7, 11) is -4.13. The molecular formula is C14H13NO5S. The lowest BCUT2D eigenvalue weighted by atomic mass is 10.1. The maximum atomic E-state index is 12.3. The lowest BCUT2D eigenvalue weighted by Crippen LogP contribution is -2.12. The topological polar surface area (TPSA) is 86.5 Å². The van der Waals surface area contributed by atoms with Crippen molar-refractivity contribution in [1.82, 2.24) is 0 Å². The van der Waals surface area contributed by atoms with E-state index in [0.29, 0.717) is 11.1 Å². The minimum absolute atomic E-state index is 0.154. The van der Waals surface area contributed by atoms with E-state index in [1.165, 1.54) is 18.2 Å². The summed E-state index contributed by atoms with van der Waals surface area (Å²) in [6, 6.07) is 10.3. The van der Waals surface area contributed by atoms with Crippen LogP contribution < -0.4 is 4.18 Å². The summed E-state index contributed by atoms with van der Waals surface area (Å²) in [5.41, 5.74) is 0.657. The lowest BCUT2D eigenvalue weighted by molar-refractivity contribution is -0.385.